The molecule has 0 amide bonds. The molecule has 1 rings (SSSR count). The molecule has 0 atom stereocenters. The molecule has 0 saturated carbocycles. The molecular weight excluding hydrogens is 192 g/mol. The van der Waals surface area contributed by atoms with E-state index in [1.807, 2.05) is 24.3 Å². The quantitative estimate of drug-likeness (QED) is 0.744. The first-order valence-electron chi connectivity index (χ1n) is 5.10. The van der Waals surface area contributed by atoms with Gasteiger partial charge in [0, 0.05) is 0 Å². The summed E-state index contributed by atoms with van der Waals surface area (Å²) in [7, 11) is 0. The molecule has 84 valence electrons. The molecule has 0 unspecified atom stereocenters. The van der Waals surface area contributed by atoms with Crippen LogP contribution in [0.1, 0.15) is 26.3 Å². The Kier molecular flexibility index (Phi) is 3.72. The second kappa shape index (κ2) is 4.64. The van der Waals surface area contributed by atoms with Gasteiger partial charge in [0.2, 0.25) is 0 Å². The van der Waals surface area contributed by atoms with Crippen LogP contribution in [0, 0.1) is 0 Å². The predicted octanol–water partition coefficient (Wildman–Crippen LogP) is 1.72. The number of benzene rings is 1. The van der Waals surface area contributed by atoms with Gasteiger partial charge in [-0.25, -0.2) is 0 Å². The van der Waals surface area contributed by atoms with E-state index in [0.29, 0.717) is 5.75 Å². The molecule has 0 aliphatic heterocycles. The minimum atomic E-state index is -1.50. The van der Waals surface area contributed by atoms with E-state index >= 15 is 0 Å². The van der Waals surface area contributed by atoms with Gasteiger partial charge in [-0.3, -0.25) is 0 Å². The Balaban J connectivity index is 2.73. The van der Waals surface area contributed by atoms with Crippen molar-refractivity contribution in [2.75, 3.05) is 0 Å². The molecular formula is C12H18O3. The zero-order valence-corrected chi connectivity index (χ0v) is 9.40. The maximum atomic E-state index is 9.07. The fraction of sp³-hybridized carbons (Fsp3) is 0.500. The third-order valence-electron chi connectivity index (χ3n) is 2.33. The van der Waals surface area contributed by atoms with Crippen molar-refractivity contribution in [3.8, 4) is 5.75 Å². The number of aryl methyl sites for hydroxylation is 1. The Morgan fingerprint density at radius 1 is 1.20 bits per heavy atom. The number of hydrogen-bond acceptors (Lipinski definition) is 3. The minimum absolute atomic E-state index is 0.644. The first kappa shape index (κ1) is 12.0. The highest BCUT2D eigenvalue weighted by Gasteiger charge is 2.28. The van der Waals surface area contributed by atoms with Crippen molar-refractivity contribution in [2.24, 2.45) is 0 Å². The zero-order chi connectivity index (χ0) is 11.5. The maximum Gasteiger partial charge on any atom is 0.192 e. The first-order chi connectivity index (χ1) is 6.95. The Labute approximate surface area is 90.3 Å². The number of aliphatic hydroxyl groups is 2. The Morgan fingerprint density at radius 3 is 2.13 bits per heavy atom. The summed E-state index contributed by atoms with van der Waals surface area (Å²) < 4.78 is 5.46. The molecule has 0 aromatic heterocycles. The van der Waals surface area contributed by atoms with Gasteiger partial charge < -0.3 is 14.9 Å². The third kappa shape index (κ3) is 3.22. The maximum absolute atomic E-state index is 9.07. The summed E-state index contributed by atoms with van der Waals surface area (Å²) in [5, 5.41) is 18.1. The van der Waals surface area contributed by atoms with Crippen molar-refractivity contribution in [1.82, 2.24) is 0 Å². The van der Waals surface area contributed by atoms with Crippen molar-refractivity contribution < 1.29 is 14.9 Å². The van der Waals surface area contributed by atoms with Crippen LogP contribution in [0.4, 0.5) is 0 Å². The Morgan fingerprint density at radius 2 is 1.73 bits per heavy atom. The largest absolute Gasteiger partial charge is 0.483 e. The molecule has 1 aromatic rings. The number of rotatable bonds is 4. The molecule has 1 aromatic carbocycles. The first-order valence-corrected chi connectivity index (χ1v) is 5.10. The Hall–Kier alpha value is -1.06. The van der Waals surface area contributed by atoms with E-state index in [4.69, 9.17) is 14.9 Å². The van der Waals surface area contributed by atoms with Gasteiger partial charge >= 0.3 is 0 Å². The summed E-state index contributed by atoms with van der Waals surface area (Å²) in [6.45, 7) is 5.34. The van der Waals surface area contributed by atoms with Crippen LogP contribution in [0.15, 0.2) is 24.3 Å². The van der Waals surface area contributed by atoms with E-state index < -0.39 is 11.9 Å². The van der Waals surface area contributed by atoms with Crippen LogP contribution in [0.3, 0.4) is 0 Å². The lowest BCUT2D eigenvalue weighted by molar-refractivity contribution is -0.154. The van der Waals surface area contributed by atoms with Crippen molar-refractivity contribution in [2.45, 2.75) is 39.1 Å². The van der Waals surface area contributed by atoms with Crippen LogP contribution in [0.2, 0.25) is 0 Å². The van der Waals surface area contributed by atoms with Crippen LogP contribution < -0.4 is 4.74 Å². The molecule has 0 radical (unpaired) electrons. The van der Waals surface area contributed by atoms with E-state index in [9.17, 15) is 0 Å². The third-order valence-corrected chi connectivity index (χ3v) is 2.33. The van der Waals surface area contributed by atoms with Crippen LogP contribution >= 0.6 is 0 Å². The van der Waals surface area contributed by atoms with Crippen LogP contribution in [-0.2, 0) is 6.42 Å². The summed E-state index contributed by atoms with van der Waals surface area (Å²) >= 11 is 0. The van der Waals surface area contributed by atoms with Crippen molar-refractivity contribution in [1.29, 1.82) is 0 Å². The van der Waals surface area contributed by atoms with E-state index in [2.05, 4.69) is 6.92 Å². The molecule has 2 N–H and O–H groups in total. The summed E-state index contributed by atoms with van der Waals surface area (Å²) in [4.78, 5) is 0. The van der Waals surface area contributed by atoms with E-state index in [-0.39, 0.29) is 0 Å². The number of hydrogen-bond donors (Lipinski definition) is 2. The minimum Gasteiger partial charge on any atom is -0.483 e. The lowest BCUT2D eigenvalue weighted by Crippen LogP contribution is -2.41. The lowest BCUT2D eigenvalue weighted by atomic mass is 10.1. The number of aliphatic hydroxyl groups excluding tert-OH is 1. The van der Waals surface area contributed by atoms with Crippen molar-refractivity contribution >= 4 is 0 Å². The van der Waals surface area contributed by atoms with E-state index in [1.54, 1.807) is 13.8 Å². The van der Waals surface area contributed by atoms with Gasteiger partial charge in [0.05, 0.1) is 0 Å². The van der Waals surface area contributed by atoms with Gasteiger partial charge in [-0.2, -0.15) is 0 Å². The number of ether oxygens (including phenoxy) is 1. The molecule has 0 aliphatic rings. The molecule has 3 heteroatoms. The van der Waals surface area contributed by atoms with Crippen molar-refractivity contribution in [3.63, 3.8) is 0 Å². The van der Waals surface area contributed by atoms with Gasteiger partial charge in [0.15, 0.2) is 11.9 Å². The molecule has 0 bridgehead atoms. The Bertz CT molecular complexity index is 301. The van der Waals surface area contributed by atoms with Crippen LogP contribution in [0.25, 0.3) is 0 Å². The topological polar surface area (TPSA) is 49.7 Å². The van der Waals surface area contributed by atoms with Gasteiger partial charge in [0.25, 0.3) is 0 Å². The molecule has 0 spiro atoms. The van der Waals surface area contributed by atoms with Gasteiger partial charge in [-0.15, -0.1) is 0 Å². The highest BCUT2D eigenvalue weighted by atomic mass is 16.6. The zero-order valence-electron chi connectivity index (χ0n) is 9.40. The van der Waals surface area contributed by atoms with E-state index in [1.165, 1.54) is 5.56 Å². The van der Waals surface area contributed by atoms with Crippen molar-refractivity contribution in [3.05, 3.63) is 29.8 Å². The summed E-state index contributed by atoms with van der Waals surface area (Å²) in [6.07, 6.45) is -0.518. The monoisotopic (exact) mass is 210 g/mol. The van der Waals surface area contributed by atoms with Gasteiger partial charge in [-0.05, 0) is 38.0 Å². The molecule has 0 fully saturated rings. The second-order valence-corrected chi connectivity index (χ2v) is 4.08. The summed E-state index contributed by atoms with van der Waals surface area (Å²) in [6, 6.07) is 7.61. The lowest BCUT2D eigenvalue weighted by Gasteiger charge is -2.28. The van der Waals surface area contributed by atoms with Gasteiger partial charge in [-0.1, -0.05) is 19.1 Å². The normalized spacial score (nSPS) is 11.9. The molecule has 0 aliphatic carbocycles. The average molecular weight is 210 g/mol. The highest BCUT2D eigenvalue weighted by molar-refractivity contribution is 5.27. The molecule has 0 heterocycles. The smallest absolute Gasteiger partial charge is 0.192 e. The van der Waals surface area contributed by atoms with E-state index in [0.717, 1.165) is 6.42 Å². The SMILES string of the molecule is CCc1ccc(OC(C)(C)C(O)O)cc1. The predicted molar refractivity (Wildman–Crippen MR) is 58.8 cm³/mol. The summed E-state index contributed by atoms with van der Waals surface area (Å²) in [5.74, 6) is 0.644. The summed E-state index contributed by atoms with van der Waals surface area (Å²) in [5.41, 5.74) is 0.234. The molecule has 0 saturated heterocycles. The van der Waals surface area contributed by atoms with Crippen LogP contribution in [0.5, 0.6) is 5.75 Å². The average Bonchev–Trinajstić information content (AvgIpc) is 2.18. The van der Waals surface area contributed by atoms with Crippen LogP contribution in [-0.4, -0.2) is 22.1 Å². The fourth-order valence-corrected chi connectivity index (χ4v) is 1.15. The van der Waals surface area contributed by atoms with Gasteiger partial charge in [0.1, 0.15) is 5.75 Å². The molecule has 15 heavy (non-hydrogen) atoms. The molecule has 3 nitrogen and oxygen atoms in total. The fourth-order valence-electron chi connectivity index (χ4n) is 1.15. The second-order valence-electron chi connectivity index (χ2n) is 4.08. The standard InChI is InChI=1S/C12H18O3/c1-4-9-5-7-10(8-6-9)15-12(2,3)11(13)14/h5-8,11,13-14H,4H2,1-3H3. The highest BCUT2D eigenvalue weighted by Crippen LogP contribution is 2.20.